The highest BCUT2D eigenvalue weighted by atomic mass is 32.2. The molecule has 0 spiro atoms. The Labute approximate surface area is 151 Å². The molecule has 0 aliphatic carbocycles. The van der Waals surface area contributed by atoms with Gasteiger partial charge < -0.3 is 9.42 Å². The van der Waals surface area contributed by atoms with Crippen LogP contribution in [0.5, 0.6) is 0 Å². The van der Waals surface area contributed by atoms with Gasteiger partial charge in [0.2, 0.25) is 0 Å². The SMILES string of the molecule is CCN(c1ccccc1)c1ccc(NS(=O)(=O)c2c(C)noc2C)nn1. The summed E-state index contributed by atoms with van der Waals surface area (Å²) in [7, 11) is -3.84. The van der Waals surface area contributed by atoms with Gasteiger partial charge in [-0.2, -0.15) is 0 Å². The number of benzene rings is 1. The largest absolute Gasteiger partial charge is 0.360 e. The molecule has 0 saturated heterocycles. The second-order valence-corrected chi connectivity index (χ2v) is 7.23. The fraction of sp³-hybridized carbons (Fsp3) is 0.235. The summed E-state index contributed by atoms with van der Waals surface area (Å²) in [5.74, 6) is 0.970. The third-order valence-corrected chi connectivity index (χ3v) is 5.38. The highest BCUT2D eigenvalue weighted by Gasteiger charge is 2.24. The van der Waals surface area contributed by atoms with Gasteiger partial charge in [-0.15, -0.1) is 10.2 Å². The molecule has 1 aromatic carbocycles. The molecule has 26 heavy (non-hydrogen) atoms. The lowest BCUT2D eigenvalue weighted by atomic mass is 10.3. The van der Waals surface area contributed by atoms with E-state index in [4.69, 9.17) is 4.52 Å². The Morgan fingerprint density at radius 3 is 2.35 bits per heavy atom. The Hall–Kier alpha value is -2.94. The first kappa shape index (κ1) is 17.9. The van der Waals surface area contributed by atoms with Crippen molar-refractivity contribution in [3.63, 3.8) is 0 Å². The normalized spacial score (nSPS) is 11.3. The van der Waals surface area contributed by atoms with Gasteiger partial charge in [0.05, 0.1) is 0 Å². The Kier molecular flexibility index (Phi) is 4.90. The molecule has 2 aromatic heterocycles. The van der Waals surface area contributed by atoms with E-state index in [2.05, 4.69) is 20.1 Å². The summed E-state index contributed by atoms with van der Waals surface area (Å²) in [4.78, 5) is 1.99. The van der Waals surface area contributed by atoms with E-state index in [1.54, 1.807) is 26.0 Å². The van der Waals surface area contributed by atoms with Crippen molar-refractivity contribution < 1.29 is 12.9 Å². The lowest BCUT2D eigenvalue weighted by molar-refractivity contribution is 0.390. The summed E-state index contributed by atoms with van der Waals surface area (Å²) < 4.78 is 32.4. The smallest absolute Gasteiger partial charge is 0.268 e. The maximum absolute atomic E-state index is 12.5. The summed E-state index contributed by atoms with van der Waals surface area (Å²) >= 11 is 0. The molecule has 0 aliphatic rings. The minimum Gasteiger partial charge on any atom is -0.360 e. The van der Waals surface area contributed by atoms with Crippen LogP contribution in [0.4, 0.5) is 17.3 Å². The average molecular weight is 373 g/mol. The standard InChI is InChI=1S/C17H19N5O3S/c1-4-22(14-8-6-5-7-9-14)16-11-10-15(18-19-16)21-26(23,24)17-12(2)20-25-13(17)3/h5-11H,4H2,1-3H3,(H,18,21). The van der Waals surface area contributed by atoms with Crippen LogP contribution in [0.1, 0.15) is 18.4 Å². The molecule has 0 bridgehead atoms. The molecule has 0 atom stereocenters. The predicted molar refractivity (Wildman–Crippen MR) is 97.9 cm³/mol. The van der Waals surface area contributed by atoms with Crippen molar-refractivity contribution in [1.82, 2.24) is 15.4 Å². The summed E-state index contributed by atoms with van der Waals surface area (Å²) in [5, 5.41) is 11.8. The van der Waals surface area contributed by atoms with Gasteiger partial charge in [-0.25, -0.2) is 8.42 Å². The van der Waals surface area contributed by atoms with Crippen LogP contribution in [0.2, 0.25) is 0 Å². The van der Waals surface area contributed by atoms with Gasteiger partial charge in [-0.1, -0.05) is 23.4 Å². The number of aryl methyl sites for hydroxylation is 2. The molecule has 1 N–H and O–H groups in total. The lowest BCUT2D eigenvalue weighted by Crippen LogP contribution is -2.19. The van der Waals surface area contributed by atoms with Crippen LogP contribution in [0.25, 0.3) is 0 Å². The highest BCUT2D eigenvalue weighted by molar-refractivity contribution is 7.92. The molecule has 8 nitrogen and oxygen atoms in total. The fourth-order valence-corrected chi connectivity index (χ4v) is 3.98. The molecule has 0 saturated carbocycles. The summed E-state index contributed by atoms with van der Waals surface area (Å²) in [6.45, 7) is 5.81. The van der Waals surface area contributed by atoms with E-state index in [1.165, 1.54) is 0 Å². The molecule has 9 heteroatoms. The first-order valence-corrected chi connectivity index (χ1v) is 9.52. The van der Waals surface area contributed by atoms with Crippen molar-refractivity contribution in [1.29, 1.82) is 0 Å². The number of hydrogen-bond acceptors (Lipinski definition) is 7. The van der Waals surface area contributed by atoms with Gasteiger partial charge in [-0.3, -0.25) is 4.72 Å². The quantitative estimate of drug-likeness (QED) is 0.708. The topological polar surface area (TPSA) is 101 Å². The molecule has 2 heterocycles. The zero-order valence-electron chi connectivity index (χ0n) is 14.7. The third-order valence-electron chi connectivity index (χ3n) is 3.79. The Balaban J connectivity index is 1.84. The van der Waals surface area contributed by atoms with E-state index in [9.17, 15) is 8.42 Å². The van der Waals surface area contributed by atoms with Crippen molar-refractivity contribution in [3.8, 4) is 0 Å². The Bertz CT molecular complexity index is 965. The minimum atomic E-state index is -3.84. The molecular weight excluding hydrogens is 354 g/mol. The van der Waals surface area contributed by atoms with Gasteiger partial charge in [0, 0.05) is 12.2 Å². The first-order chi connectivity index (χ1) is 12.4. The maximum atomic E-state index is 12.5. The Morgan fingerprint density at radius 1 is 1.08 bits per heavy atom. The summed E-state index contributed by atoms with van der Waals surface area (Å²) in [5.41, 5.74) is 1.27. The van der Waals surface area contributed by atoms with Gasteiger partial charge >= 0.3 is 0 Å². The van der Waals surface area contributed by atoms with Crippen molar-refractivity contribution in [3.05, 3.63) is 53.9 Å². The van der Waals surface area contributed by atoms with Gasteiger partial charge in [0.25, 0.3) is 10.0 Å². The van der Waals surface area contributed by atoms with Gasteiger partial charge in [0.1, 0.15) is 5.69 Å². The van der Waals surface area contributed by atoms with Crippen molar-refractivity contribution in [2.45, 2.75) is 25.7 Å². The van der Waals surface area contributed by atoms with Gasteiger partial charge in [-0.05, 0) is 45.0 Å². The molecule has 0 aliphatic heterocycles. The monoisotopic (exact) mass is 373 g/mol. The molecule has 3 rings (SSSR count). The second kappa shape index (κ2) is 7.12. The second-order valence-electron chi connectivity index (χ2n) is 5.62. The van der Waals surface area contributed by atoms with Crippen LogP contribution in [0, 0.1) is 13.8 Å². The average Bonchev–Trinajstić information content (AvgIpc) is 2.97. The maximum Gasteiger partial charge on any atom is 0.268 e. The first-order valence-electron chi connectivity index (χ1n) is 8.04. The van der Waals surface area contributed by atoms with Crippen LogP contribution in [0.15, 0.2) is 51.9 Å². The zero-order chi connectivity index (χ0) is 18.7. The molecule has 0 radical (unpaired) electrons. The van der Waals surface area contributed by atoms with E-state index >= 15 is 0 Å². The number of nitrogens with zero attached hydrogens (tertiary/aromatic N) is 4. The van der Waals surface area contributed by atoms with Crippen LogP contribution >= 0.6 is 0 Å². The molecule has 0 amide bonds. The number of aromatic nitrogens is 3. The number of rotatable bonds is 6. The molecule has 0 fully saturated rings. The summed E-state index contributed by atoms with van der Waals surface area (Å²) in [6, 6.07) is 13.1. The fourth-order valence-electron chi connectivity index (χ4n) is 2.66. The number of sulfonamides is 1. The lowest BCUT2D eigenvalue weighted by Gasteiger charge is -2.21. The highest BCUT2D eigenvalue weighted by Crippen LogP contribution is 2.24. The zero-order valence-corrected chi connectivity index (χ0v) is 15.5. The number of nitrogens with one attached hydrogen (secondary N) is 1. The molecule has 0 unspecified atom stereocenters. The van der Waals surface area contributed by atoms with E-state index in [1.807, 2.05) is 42.2 Å². The predicted octanol–water partition coefficient (Wildman–Crippen LogP) is 3.04. The number of para-hydroxylation sites is 1. The summed E-state index contributed by atoms with van der Waals surface area (Å²) in [6.07, 6.45) is 0. The number of hydrogen-bond donors (Lipinski definition) is 1. The van der Waals surface area contributed by atoms with Gasteiger partial charge in [0.15, 0.2) is 22.3 Å². The third kappa shape index (κ3) is 3.52. The molecular formula is C17H19N5O3S. The van der Waals surface area contributed by atoms with E-state index in [-0.39, 0.29) is 16.5 Å². The van der Waals surface area contributed by atoms with E-state index in [0.717, 1.165) is 5.69 Å². The van der Waals surface area contributed by atoms with Crippen LogP contribution in [-0.4, -0.2) is 30.3 Å². The van der Waals surface area contributed by atoms with E-state index < -0.39 is 10.0 Å². The minimum absolute atomic E-state index is 0.0165. The van der Waals surface area contributed by atoms with Crippen LogP contribution in [-0.2, 0) is 10.0 Å². The van der Waals surface area contributed by atoms with Crippen molar-refractivity contribution >= 4 is 27.3 Å². The Morgan fingerprint density at radius 2 is 1.81 bits per heavy atom. The number of anilines is 3. The molecule has 136 valence electrons. The van der Waals surface area contributed by atoms with E-state index in [0.29, 0.717) is 18.1 Å². The van der Waals surface area contributed by atoms with Crippen LogP contribution < -0.4 is 9.62 Å². The van der Waals surface area contributed by atoms with Crippen molar-refractivity contribution in [2.75, 3.05) is 16.2 Å². The van der Waals surface area contributed by atoms with Crippen molar-refractivity contribution in [2.24, 2.45) is 0 Å². The van der Waals surface area contributed by atoms with Crippen LogP contribution in [0.3, 0.4) is 0 Å². The molecule has 3 aromatic rings.